The van der Waals surface area contributed by atoms with Gasteiger partial charge in [-0.1, -0.05) is 16.5 Å². The molecule has 1 N–H and O–H groups in total. The van der Waals surface area contributed by atoms with Crippen molar-refractivity contribution in [2.75, 3.05) is 32.0 Å². The third kappa shape index (κ3) is 3.47. The normalized spacial score (nSPS) is 17.0. The van der Waals surface area contributed by atoms with E-state index in [0.717, 1.165) is 47.6 Å². The first-order valence-electron chi connectivity index (χ1n) is 7.88. The Labute approximate surface area is 134 Å². The number of hydrogen-bond acceptors (Lipinski definition) is 7. The van der Waals surface area contributed by atoms with Crippen molar-refractivity contribution in [3.05, 3.63) is 11.5 Å². The van der Waals surface area contributed by atoms with E-state index in [-0.39, 0.29) is 0 Å². The van der Waals surface area contributed by atoms with Crippen LogP contribution in [0.15, 0.2) is 4.52 Å². The standard InChI is InChI=1S/C15H23N5OS/c1-4-16-15-17-10(2)13(22-15)14-18-12(19-21-14)9-11-5-7-20(3)8-6-11/h11H,4-9H2,1-3H3,(H,16,17). The smallest absolute Gasteiger partial charge is 0.269 e. The van der Waals surface area contributed by atoms with Gasteiger partial charge in [-0.25, -0.2) is 4.98 Å². The van der Waals surface area contributed by atoms with Crippen LogP contribution in [0.2, 0.25) is 0 Å². The fraction of sp³-hybridized carbons (Fsp3) is 0.667. The van der Waals surface area contributed by atoms with Crippen LogP contribution in [-0.4, -0.2) is 46.7 Å². The van der Waals surface area contributed by atoms with Crippen LogP contribution in [0, 0.1) is 12.8 Å². The van der Waals surface area contributed by atoms with Gasteiger partial charge in [-0.05, 0) is 52.7 Å². The number of nitrogens with zero attached hydrogens (tertiary/aromatic N) is 4. The summed E-state index contributed by atoms with van der Waals surface area (Å²) in [6, 6.07) is 0. The van der Waals surface area contributed by atoms with Crippen LogP contribution < -0.4 is 5.32 Å². The van der Waals surface area contributed by atoms with Crippen LogP contribution in [0.4, 0.5) is 5.13 Å². The van der Waals surface area contributed by atoms with Gasteiger partial charge >= 0.3 is 0 Å². The van der Waals surface area contributed by atoms with Gasteiger partial charge in [0.1, 0.15) is 4.88 Å². The number of piperidine rings is 1. The minimum Gasteiger partial charge on any atom is -0.362 e. The Morgan fingerprint density at radius 1 is 1.32 bits per heavy atom. The van der Waals surface area contributed by atoms with Crippen molar-refractivity contribution in [1.82, 2.24) is 20.0 Å². The van der Waals surface area contributed by atoms with E-state index in [4.69, 9.17) is 4.52 Å². The van der Waals surface area contributed by atoms with E-state index in [0.29, 0.717) is 11.8 Å². The number of rotatable bonds is 5. The molecule has 0 amide bonds. The van der Waals surface area contributed by atoms with Crippen molar-refractivity contribution >= 4 is 16.5 Å². The lowest BCUT2D eigenvalue weighted by atomic mass is 9.94. The summed E-state index contributed by atoms with van der Waals surface area (Å²) in [4.78, 5) is 12.4. The van der Waals surface area contributed by atoms with Crippen LogP contribution in [0.3, 0.4) is 0 Å². The molecular weight excluding hydrogens is 298 g/mol. The van der Waals surface area contributed by atoms with Crippen molar-refractivity contribution in [1.29, 1.82) is 0 Å². The SMILES string of the molecule is CCNc1nc(C)c(-c2nc(CC3CCN(C)CC3)no2)s1. The van der Waals surface area contributed by atoms with Gasteiger partial charge in [-0.2, -0.15) is 4.98 Å². The largest absolute Gasteiger partial charge is 0.362 e. The predicted molar refractivity (Wildman–Crippen MR) is 88.2 cm³/mol. The molecule has 1 saturated heterocycles. The zero-order chi connectivity index (χ0) is 15.5. The highest BCUT2D eigenvalue weighted by Gasteiger charge is 2.21. The number of aromatic nitrogens is 3. The number of likely N-dealkylation sites (tertiary alicyclic amines) is 1. The van der Waals surface area contributed by atoms with Crippen LogP contribution in [0.25, 0.3) is 10.8 Å². The monoisotopic (exact) mass is 321 g/mol. The molecule has 120 valence electrons. The summed E-state index contributed by atoms with van der Waals surface area (Å²) in [5.74, 6) is 2.09. The first kappa shape index (κ1) is 15.4. The molecule has 22 heavy (non-hydrogen) atoms. The summed E-state index contributed by atoms with van der Waals surface area (Å²) >= 11 is 1.57. The van der Waals surface area contributed by atoms with E-state index in [1.807, 2.05) is 6.92 Å². The van der Waals surface area contributed by atoms with Crippen LogP contribution >= 0.6 is 11.3 Å². The Morgan fingerprint density at radius 2 is 2.09 bits per heavy atom. The molecule has 6 nitrogen and oxygen atoms in total. The Bertz CT molecular complexity index is 615. The molecule has 0 radical (unpaired) electrons. The highest BCUT2D eigenvalue weighted by Crippen LogP contribution is 2.32. The lowest BCUT2D eigenvalue weighted by Gasteiger charge is -2.27. The highest BCUT2D eigenvalue weighted by molar-refractivity contribution is 7.19. The van der Waals surface area contributed by atoms with Crippen LogP contribution in [0.5, 0.6) is 0 Å². The summed E-state index contributed by atoms with van der Waals surface area (Å²) in [6.45, 7) is 7.22. The second-order valence-electron chi connectivity index (χ2n) is 5.93. The van der Waals surface area contributed by atoms with Gasteiger partial charge in [-0.3, -0.25) is 0 Å². The maximum absolute atomic E-state index is 5.46. The first-order chi connectivity index (χ1) is 10.7. The molecule has 1 aliphatic heterocycles. The van der Waals surface area contributed by atoms with E-state index < -0.39 is 0 Å². The summed E-state index contributed by atoms with van der Waals surface area (Å²) in [5.41, 5.74) is 0.940. The van der Waals surface area contributed by atoms with E-state index in [9.17, 15) is 0 Å². The Hall–Kier alpha value is -1.47. The Morgan fingerprint density at radius 3 is 2.82 bits per heavy atom. The molecule has 3 rings (SSSR count). The van der Waals surface area contributed by atoms with Gasteiger partial charge in [0.2, 0.25) is 0 Å². The molecule has 0 saturated carbocycles. The van der Waals surface area contributed by atoms with Gasteiger partial charge in [0.25, 0.3) is 5.89 Å². The minimum atomic E-state index is 0.599. The van der Waals surface area contributed by atoms with E-state index in [2.05, 4.69) is 39.3 Å². The summed E-state index contributed by atoms with van der Waals surface area (Å²) in [7, 11) is 2.18. The zero-order valence-electron chi connectivity index (χ0n) is 13.4. The van der Waals surface area contributed by atoms with Crippen LogP contribution in [-0.2, 0) is 6.42 Å². The maximum Gasteiger partial charge on any atom is 0.269 e. The van der Waals surface area contributed by atoms with Gasteiger partial charge in [0.15, 0.2) is 11.0 Å². The molecule has 2 aromatic rings. The topological polar surface area (TPSA) is 67.1 Å². The number of anilines is 1. The van der Waals surface area contributed by atoms with Crippen molar-refractivity contribution < 1.29 is 4.52 Å². The van der Waals surface area contributed by atoms with Gasteiger partial charge in [0, 0.05) is 13.0 Å². The molecule has 1 aliphatic rings. The van der Waals surface area contributed by atoms with Crippen molar-refractivity contribution in [2.45, 2.75) is 33.1 Å². The first-order valence-corrected chi connectivity index (χ1v) is 8.70. The van der Waals surface area contributed by atoms with Crippen molar-refractivity contribution in [3.63, 3.8) is 0 Å². The quantitative estimate of drug-likeness (QED) is 0.913. The number of thiazole rings is 1. The molecule has 0 spiro atoms. The number of nitrogens with one attached hydrogen (secondary N) is 1. The lowest BCUT2D eigenvalue weighted by molar-refractivity contribution is 0.216. The van der Waals surface area contributed by atoms with E-state index in [1.165, 1.54) is 12.8 Å². The molecule has 7 heteroatoms. The molecule has 0 bridgehead atoms. The van der Waals surface area contributed by atoms with Gasteiger partial charge < -0.3 is 14.7 Å². The second kappa shape index (κ2) is 6.75. The molecule has 1 fully saturated rings. The third-order valence-electron chi connectivity index (χ3n) is 4.10. The van der Waals surface area contributed by atoms with Gasteiger partial charge in [0.05, 0.1) is 5.69 Å². The predicted octanol–water partition coefficient (Wildman–Crippen LogP) is 2.82. The zero-order valence-corrected chi connectivity index (χ0v) is 14.2. The molecule has 2 aromatic heterocycles. The number of hydrogen-bond donors (Lipinski definition) is 1. The number of aryl methyl sites for hydroxylation is 1. The molecule has 0 atom stereocenters. The fourth-order valence-corrected chi connectivity index (χ4v) is 3.73. The molecule has 3 heterocycles. The third-order valence-corrected chi connectivity index (χ3v) is 5.20. The maximum atomic E-state index is 5.46. The summed E-state index contributed by atoms with van der Waals surface area (Å²) in [6.07, 6.45) is 3.34. The van der Waals surface area contributed by atoms with Gasteiger partial charge in [-0.15, -0.1) is 0 Å². The highest BCUT2D eigenvalue weighted by atomic mass is 32.1. The average molecular weight is 321 g/mol. The molecular formula is C15H23N5OS. The fourth-order valence-electron chi connectivity index (χ4n) is 2.78. The minimum absolute atomic E-state index is 0.599. The van der Waals surface area contributed by atoms with E-state index in [1.54, 1.807) is 11.3 Å². The molecule has 0 unspecified atom stereocenters. The molecule has 0 aliphatic carbocycles. The average Bonchev–Trinajstić information content (AvgIpc) is 3.09. The Balaban J connectivity index is 1.68. The lowest BCUT2D eigenvalue weighted by Crippen LogP contribution is -2.31. The summed E-state index contributed by atoms with van der Waals surface area (Å²) < 4.78 is 5.46. The van der Waals surface area contributed by atoms with E-state index >= 15 is 0 Å². The second-order valence-corrected chi connectivity index (χ2v) is 6.93. The Kier molecular flexibility index (Phi) is 4.73. The summed E-state index contributed by atoms with van der Waals surface area (Å²) in [5, 5.41) is 8.30. The van der Waals surface area contributed by atoms with Crippen molar-refractivity contribution in [3.8, 4) is 10.8 Å². The molecule has 0 aromatic carbocycles. The van der Waals surface area contributed by atoms with Crippen molar-refractivity contribution in [2.24, 2.45) is 5.92 Å². The van der Waals surface area contributed by atoms with Crippen LogP contribution in [0.1, 0.15) is 31.3 Å².